The van der Waals surface area contributed by atoms with Crippen molar-refractivity contribution in [2.24, 2.45) is 0 Å². The number of nitrogen functional groups attached to an aromatic ring is 1. The highest BCUT2D eigenvalue weighted by molar-refractivity contribution is 7.99. The summed E-state index contributed by atoms with van der Waals surface area (Å²) in [5, 5.41) is 8.76. The van der Waals surface area contributed by atoms with E-state index in [2.05, 4.69) is 15.5 Å². The molecule has 0 spiro atoms. The average molecular weight is 461 g/mol. The Kier molecular flexibility index (Phi) is 7.00. The lowest BCUT2D eigenvalue weighted by atomic mass is 10.3. The van der Waals surface area contributed by atoms with Crippen LogP contribution in [0.4, 0.5) is 23.2 Å². The minimum atomic E-state index is -4.73. The highest BCUT2D eigenvalue weighted by Crippen LogP contribution is 2.28. The number of amides is 2. The van der Waals surface area contributed by atoms with E-state index in [4.69, 9.17) is 5.84 Å². The summed E-state index contributed by atoms with van der Waals surface area (Å²) in [7, 11) is 0. The van der Waals surface area contributed by atoms with E-state index >= 15 is 0 Å². The zero-order chi connectivity index (χ0) is 22.6. The van der Waals surface area contributed by atoms with Gasteiger partial charge in [-0.05, 0) is 18.2 Å². The van der Waals surface area contributed by atoms with Crippen molar-refractivity contribution in [1.29, 1.82) is 0 Å². The Morgan fingerprint density at radius 2 is 1.87 bits per heavy atom. The lowest BCUT2D eigenvalue weighted by Gasteiger charge is -2.34. The van der Waals surface area contributed by atoms with Crippen molar-refractivity contribution in [3.05, 3.63) is 35.9 Å². The molecular formula is C17H19F4N7O2S. The first-order valence-corrected chi connectivity index (χ1v) is 10.1. The molecule has 0 saturated carbocycles. The molecular weight excluding hydrogens is 442 g/mol. The summed E-state index contributed by atoms with van der Waals surface area (Å²) in [4.78, 5) is 27.8. The van der Waals surface area contributed by atoms with Gasteiger partial charge in [0, 0.05) is 31.9 Å². The van der Waals surface area contributed by atoms with Crippen LogP contribution >= 0.6 is 11.8 Å². The van der Waals surface area contributed by atoms with Crippen molar-refractivity contribution >= 4 is 29.3 Å². The molecule has 1 saturated heterocycles. The Hall–Kier alpha value is -2.87. The number of nitrogens with two attached hydrogens (primary N) is 1. The van der Waals surface area contributed by atoms with E-state index < -0.39 is 17.8 Å². The van der Waals surface area contributed by atoms with Gasteiger partial charge in [-0.25, -0.2) is 9.07 Å². The number of thioether (sulfide) groups is 1. The number of rotatable bonds is 6. The molecule has 2 heterocycles. The first-order chi connectivity index (χ1) is 14.6. The fourth-order valence-electron chi connectivity index (χ4n) is 2.91. The molecule has 0 radical (unpaired) electrons. The van der Waals surface area contributed by atoms with Gasteiger partial charge in [0.15, 0.2) is 0 Å². The quantitative estimate of drug-likeness (QED) is 0.376. The maximum Gasteiger partial charge on any atom is 0.453 e. The summed E-state index contributed by atoms with van der Waals surface area (Å²) in [5.74, 6) is 2.81. The number of nitrogens with one attached hydrogen (secondary N) is 1. The van der Waals surface area contributed by atoms with Gasteiger partial charge in [0.2, 0.25) is 17.0 Å². The van der Waals surface area contributed by atoms with Crippen LogP contribution in [0.25, 0.3) is 0 Å². The summed E-state index contributed by atoms with van der Waals surface area (Å²) in [5.41, 5.74) is 0.359. The Bertz CT molecular complexity index is 945. The number of piperazine rings is 1. The lowest BCUT2D eigenvalue weighted by Crippen LogP contribution is -2.50. The Balaban J connectivity index is 1.42. The lowest BCUT2D eigenvalue weighted by molar-refractivity contribution is -0.146. The number of anilines is 1. The predicted octanol–water partition coefficient (Wildman–Crippen LogP) is 1.02. The van der Waals surface area contributed by atoms with Gasteiger partial charge in [-0.15, -0.1) is 10.2 Å². The normalized spacial score (nSPS) is 15.2. The second-order valence-corrected chi connectivity index (χ2v) is 7.62. The molecule has 1 aliphatic rings. The van der Waals surface area contributed by atoms with Gasteiger partial charge in [-0.3, -0.25) is 14.5 Å². The highest BCUT2D eigenvalue weighted by atomic mass is 32.2. The van der Waals surface area contributed by atoms with Crippen LogP contribution in [0, 0.1) is 5.82 Å². The molecule has 2 amide bonds. The summed E-state index contributed by atoms with van der Waals surface area (Å²) >= 11 is 0.764. The van der Waals surface area contributed by atoms with Crippen molar-refractivity contribution in [2.45, 2.75) is 11.3 Å². The van der Waals surface area contributed by atoms with Gasteiger partial charge in [0.05, 0.1) is 12.3 Å². The molecule has 0 bridgehead atoms. The average Bonchev–Trinajstić information content (AvgIpc) is 3.07. The van der Waals surface area contributed by atoms with Gasteiger partial charge < -0.3 is 16.1 Å². The molecule has 1 fully saturated rings. The highest BCUT2D eigenvalue weighted by Gasteiger charge is 2.38. The number of aromatic nitrogens is 3. The summed E-state index contributed by atoms with van der Waals surface area (Å²) in [6, 6.07) is 5.56. The number of halogens is 4. The third kappa shape index (κ3) is 6.07. The van der Waals surface area contributed by atoms with E-state index in [0.717, 1.165) is 11.8 Å². The number of carbonyl (C=O) groups excluding carboxylic acids is 2. The number of hydrogen-bond donors (Lipinski definition) is 2. The topological polar surface area (TPSA) is 109 Å². The van der Waals surface area contributed by atoms with Gasteiger partial charge in [-0.1, -0.05) is 17.8 Å². The summed E-state index contributed by atoms with van der Waals surface area (Å²) in [6.07, 6.45) is -4.73. The molecule has 1 aromatic heterocycles. The number of benzene rings is 1. The second kappa shape index (κ2) is 9.51. The minimum Gasteiger partial charge on any atom is -0.339 e. The molecule has 2 aromatic rings. The third-order valence-corrected chi connectivity index (χ3v) is 5.37. The van der Waals surface area contributed by atoms with Crippen LogP contribution in [0.1, 0.15) is 5.82 Å². The van der Waals surface area contributed by atoms with E-state index in [1.807, 2.05) is 4.90 Å². The number of hydrogen-bond acceptors (Lipinski definition) is 7. The third-order valence-electron chi connectivity index (χ3n) is 4.44. The standard InChI is InChI=1S/C17H19F4N7O2S/c18-11-2-1-3-12(8-11)23-13(29)9-26-4-6-27(7-5-26)14(30)10-31-16-25-24-15(28(16)22)17(19,20)21/h1-3,8H,4-7,9-10,22H2,(H,23,29). The predicted molar refractivity (Wildman–Crippen MR) is 104 cm³/mol. The molecule has 168 valence electrons. The van der Waals surface area contributed by atoms with E-state index in [-0.39, 0.29) is 29.3 Å². The van der Waals surface area contributed by atoms with Gasteiger partial charge in [0.25, 0.3) is 5.82 Å². The van der Waals surface area contributed by atoms with E-state index in [1.165, 1.54) is 18.2 Å². The molecule has 0 unspecified atom stereocenters. The van der Waals surface area contributed by atoms with Crippen molar-refractivity contribution < 1.29 is 27.2 Å². The molecule has 31 heavy (non-hydrogen) atoms. The minimum absolute atomic E-state index is 0.0871. The van der Waals surface area contributed by atoms with Gasteiger partial charge in [-0.2, -0.15) is 13.2 Å². The maximum absolute atomic E-state index is 13.2. The monoisotopic (exact) mass is 461 g/mol. The van der Waals surface area contributed by atoms with Crippen LogP contribution in [-0.4, -0.2) is 75.0 Å². The van der Waals surface area contributed by atoms with E-state index in [0.29, 0.717) is 36.5 Å². The molecule has 0 aliphatic carbocycles. The molecule has 14 heteroatoms. The Morgan fingerprint density at radius 3 is 2.48 bits per heavy atom. The fraction of sp³-hybridized carbons (Fsp3) is 0.412. The molecule has 1 aromatic carbocycles. The smallest absolute Gasteiger partial charge is 0.339 e. The molecule has 3 rings (SSSR count). The van der Waals surface area contributed by atoms with Crippen LogP contribution in [0.3, 0.4) is 0 Å². The van der Waals surface area contributed by atoms with Crippen molar-refractivity contribution in [3.8, 4) is 0 Å². The first-order valence-electron chi connectivity index (χ1n) is 9.09. The largest absolute Gasteiger partial charge is 0.453 e. The van der Waals surface area contributed by atoms with E-state index in [9.17, 15) is 27.2 Å². The molecule has 9 nitrogen and oxygen atoms in total. The Labute approximate surface area is 178 Å². The van der Waals surface area contributed by atoms with Crippen molar-refractivity contribution in [1.82, 2.24) is 24.7 Å². The molecule has 3 N–H and O–H groups in total. The zero-order valence-corrected chi connectivity index (χ0v) is 16.9. The van der Waals surface area contributed by atoms with Crippen molar-refractivity contribution in [3.63, 3.8) is 0 Å². The van der Waals surface area contributed by atoms with Crippen LogP contribution < -0.4 is 11.2 Å². The van der Waals surface area contributed by atoms with Gasteiger partial charge in [0.1, 0.15) is 5.82 Å². The first kappa shape index (κ1) is 22.8. The summed E-state index contributed by atoms with van der Waals surface area (Å²) in [6.45, 7) is 1.69. The second-order valence-electron chi connectivity index (χ2n) is 6.68. The van der Waals surface area contributed by atoms with E-state index in [1.54, 1.807) is 11.0 Å². The van der Waals surface area contributed by atoms with Gasteiger partial charge >= 0.3 is 6.18 Å². The molecule has 0 atom stereocenters. The number of carbonyl (C=O) groups is 2. The maximum atomic E-state index is 13.2. The van der Waals surface area contributed by atoms with Crippen LogP contribution in [0.5, 0.6) is 0 Å². The van der Waals surface area contributed by atoms with Crippen LogP contribution in [0.15, 0.2) is 29.4 Å². The SMILES string of the molecule is Nn1c(SCC(=O)N2CCN(CC(=O)Nc3cccc(F)c3)CC2)nnc1C(F)(F)F. The van der Waals surface area contributed by atoms with Crippen molar-refractivity contribution in [2.75, 3.05) is 49.6 Å². The van der Waals surface area contributed by atoms with Crippen LogP contribution in [-0.2, 0) is 15.8 Å². The summed E-state index contributed by atoms with van der Waals surface area (Å²) < 4.78 is 51.5. The Morgan fingerprint density at radius 1 is 1.16 bits per heavy atom. The van der Waals surface area contributed by atoms with Crippen LogP contribution in [0.2, 0.25) is 0 Å². The zero-order valence-electron chi connectivity index (χ0n) is 16.1. The number of nitrogens with zero attached hydrogens (tertiary/aromatic N) is 5. The fourth-order valence-corrected chi connectivity index (χ4v) is 3.67. The molecule has 1 aliphatic heterocycles. The number of alkyl halides is 3.